The second-order valence-corrected chi connectivity index (χ2v) is 18.6. The molecule has 4 N–H and O–H groups in total. The van der Waals surface area contributed by atoms with Crippen LogP contribution in [0.3, 0.4) is 0 Å². The summed E-state index contributed by atoms with van der Waals surface area (Å²) in [6, 6.07) is 0. The molecular weight excluding hydrogens is 753 g/mol. The Kier molecular flexibility index (Phi) is 18.5. The number of aliphatic carboxylic acids is 1. The number of cyclic esters (lactones) is 1. The number of carbonyl (C=O) groups excluding carboxylic acids is 3. The van der Waals surface area contributed by atoms with E-state index < -0.39 is 24.3 Å². The highest BCUT2D eigenvalue weighted by atomic mass is 16.6. The molecule has 4 aliphatic carbocycles. The van der Waals surface area contributed by atoms with Crippen molar-refractivity contribution in [2.24, 2.45) is 59.2 Å². The molecule has 0 aromatic heterocycles. The van der Waals surface area contributed by atoms with E-state index in [4.69, 9.17) is 19.3 Å². The van der Waals surface area contributed by atoms with Gasteiger partial charge in [0.05, 0.1) is 43.0 Å². The third-order valence-electron chi connectivity index (χ3n) is 13.6. The van der Waals surface area contributed by atoms with Gasteiger partial charge in [0.15, 0.2) is 0 Å². The van der Waals surface area contributed by atoms with Crippen LogP contribution in [-0.2, 0) is 33.4 Å². The number of hydrogen-bond acceptors (Lipinski definition) is 10. The molecule has 59 heavy (non-hydrogen) atoms. The first-order valence-corrected chi connectivity index (χ1v) is 22.6. The fourth-order valence-electron chi connectivity index (χ4n) is 9.83. The van der Waals surface area contributed by atoms with Crippen molar-refractivity contribution in [1.29, 1.82) is 0 Å². The lowest BCUT2D eigenvalue weighted by molar-refractivity contribution is -0.162. The molecule has 1 fully saturated rings. The Morgan fingerprint density at radius 3 is 1.71 bits per heavy atom. The van der Waals surface area contributed by atoms with Crippen LogP contribution in [0.5, 0.6) is 0 Å². The summed E-state index contributed by atoms with van der Waals surface area (Å²) in [4.78, 5) is 47.4. The summed E-state index contributed by atoms with van der Waals surface area (Å²) in [7, 11) is 0. The monoisotopic (exact) mass is 827 g/mol. The summed E-state index contributed by atoms with van der Waals surface area (Å²) in [5.41, 5.74) is 2.48. The quantitative estimate of drug-likeness (QED) is 0.0879. The van der Waals surface area contributed by atoms with Crippen molar-refractivity contribution in [3.8, 4) is 0 Å². The van der Waals surface area contributed by atoms with Gasteiger partial charge in [0.25, 0.3) is 0 Å². The van der Waals surface area contributed by atoms with Crippen LogP contribution in [0.1, 0.15) is 132 Å². The molecule has 1 saturated heterocycles. The van der Waals surface area contributed by atoms with E-state index in [2.05, 4.69) is 64.2 Å². The molecule has 5 aliphatic rings. The highest BCUT2D eigenvalue weighted by Crippen LogP contribution is 2.47. The number of fused-ring (bicyclic) bond motifs is 2. The molecule has 1 heterocycles. The zero-order valence-corrected chi connectivity index (χ0v) is 36.8. The Labute approximate surface area is 352 Å². The first-order valence-electron chi connectivity index (χ1n) is 22.6. The zero-order valence-electron chi connectivity index (χ0n) is 36.8. The summed E-state index contributed by atoms with van der Waals surface area (Å²) < 4.78 is 17.5. The Morgan fingerprint density at radius 2 is 1.25 bits per heavy atom. The predicted molar refractivity (Wildman–Crippen MR) is 225 cm³/mol. The summed E-state index contributed by atoms with van der Waals surface area (Å²) in [6.45, 7) is 16.5. The van der Waals surface area contributed by atoms with Gasteiger partial charge in [-0.2, -0.15) is 0 Å². The van der Waals surface area contributed by atoms with Crippen molar-refractivity contribution >= 4 is 23.9 Å². The van der Waals surface area contributed by atoms with Crippen LogP contribution < -0.4 is 0 Å². The summed E-state index contributed by atoms with van der Waals surface area (Å²) in [6.07, 6.45) is 16.8. The second kappa shape index (κ2) is 22.5. The minimum absolute atomic E-state index is 0.0556. The number of ether oxygens (including phenoxy) is 3. The van der Waals surface area contributed by atoms with Gasteiger partial charge < -0.3 is 34.6 Å². The number of aliphatic hydroxyl groups excluding tert-OH is 3. The van der Waals surface area contributed by atoms with Crippen molar-refractivity contribution in [3.63, 3.8) is 0 Å². The average Bonchev–Trinajstić information content (AvgIpc) is 3.16. The van der Waals surface area contributed by atoms with Gasteiger partial charge in [0, 0.05) is 18.3 Å². The van der Waals surface area contributed by atoms with E-state index in [0.29, 0.717) is 36.5 Å². The molecule has 0 spiro atoms. The summed E-state index contributed by atoms with van der Waals surface area (Å²) >= 11 is 0. The van der Waals surface area contributed by atoms with Gasteiger partial charge in [-0.05, 0) is 104 Å². The van der Waals surface area contributed by atoms with E-state index in [1.165, 1.54) is 11.1 Å². The summed E-state index contributed by atoms with van der Waals surface area (Å²) in [5.74, 6) is 0.349. The van der Waals surface area contributed by atoms with Crippen LogP contribution in [0.4, 0.5) is 0 Å². The Hall–Kier alpha value is -3.28. The van der Waals surface area contributed by atoms with Crippen LogP contribution in [0.2, 0.25) is 0 Å². The molecule has 0 radical (unpaired) electrons. The van der Waals surface area contributed by atoms with Crippen molar-refractivity contribution in [2.45, 2.75) is 169 Å². The zero-order chi connectivity index (χ0) is 43.6. The van der Waals surface area contributed by atoms with Gasteiger partial charge in [-0.3, -0.25) is 19.2 Å². The van der Waals surface area contributed by atoms with E-state index in [-0.39, 0.29) is 91.0 Å². The molecular formula is C48H74O11. The van der Waals surface area contributed by atoms with Gasteiger partial charge in [0.2, 0.25) is 0 Å². The highest BCUT2D eigenvalue weighted by molar-refractivity contribution is 5.73. The van der Waals surface area contributed by atoms with Crippen molar-refractivity contribution < 1.29 is 53.8 Å². The van der Waals surface area contributed by atoms with Crippen LogP contribution in [-0.4, -0.2) is 80.9 Å². The Balaban J connectivity index is 0.000000261. The number of hydrogen-bond donors (Lipinski definition) is 4. The number of esters is 3. The number of carboxylic acid groups (broad SMARTS) is 1. The minimum Gasteiger partial charge on any atom is -0.481 e. The number of allylic oxidation sites excluding steroid dienone is 6. The molecule has 0 aromatic rings. The maximum absolute atomic E-state index is 12.5. The highest BCUT2D eigenvalue weighted by Gasteiger charge is 2.43. The lowest BCUT2D eigenvalue weighted by Gasteiger charge is -2.43. The molecule has 0 saturated carbocycles. The molecule has 0 amide bonds. The molecule has 16 unspecified atom stereocenters. The first-order chi connectivity index (χ1) is 27.9. The molecule has 11 heteroatoms. The van der Waals surface area contributed by atoms with Gasteiger partial charge >= 0.3 is 23.9 Å². The van der Waals surface area contributed by atoms with E-state index in [0.717, 1.165) is 44.9 Å². The lowest BCUT2D eigenvalue weighted by Crippen LogP contribution is -2.42. The molecule has 11 nitrogen and oxygen atoms in total. The molecule has 16 atom stereocenters. The van der Waals surface area contributed by atoms with Gasteiger partial charge in [-0.25, -0.2) is 0 Å². The number of carbonyl (C=O) groups is 4. The fourth-order valence-corrected chi connectivity index (χ4v) is 9.83. The normalized spacial score (nSPS) is 34.5. The van der Waals surface area contributed by atoms with Gasteiger partial charge in [0.1, 0.15) is 18.3 Å². The average molecular weight is 827 g/mol. The van der Waals surface area contributed by atoms with Crippen LogP contribution in [0, 0.1) is 59.2 Å². The molecule has 5 rings (SSSR count). The van der Waals surface area contributed by atoms with Crippen LogP contribution >= 0.6 is 0 Å². The van der Waals surface area contributed by atoms with Crippen molar-refractivity contribution in [1.82, 2.24) is 0 Å². The van der Waals surface area contributed by atoms with Crippen molar-refractivity contribution in [3.05, 3.63) is 47.6 Å². The standard InChI is InChI=1S/C24H38O6.C24H36O5/c1-5-15(3)24(29)30-21-11-14(2)10-17-7-6-16(4)20(23(17)21)9-8-18(25)12-19(26)13-22(27)28;1-5-15(3)24(27)29-21-11-14(2)10-17-7-6-16(4)20(23(17)21)9-8-19-12-18(25)13-22(26)28-19/h6-7,10,14-16,18-21,23,25-26H,5,8-9,11-13H2,1-4H3,(H,27,28);6-7,10,14-16,18-21,23,25H,5,8-9,11-13H2,1-4H3. The number of rotatable bonds is 16. The number of carboxylic acids is 1. The topological polar surface area (TPSA) is 177 Å². The minimum atomic E-state index is -1.07. The second-order valence-electron chi connectivity index (χ2n) is 18.6. The Morgan fingerprint density at radius 1 is 0.763 bits per heavy atom. The summed E-state index contributed by atoms with van der Waals surface area (Å²) in [5, 5.41) is 38.8. The van der Waals surface area contributed by atoms with Gasteiger partial charge in [-0.1, -0.05) is 91.8 Å². The molecule has 0 bridgehead atoms. The molecule has 0 aromatic carbocycles. The van der Waals surface area contributed by atoms with E-state index in [9.17, 15) is 34.5 Å². The largest absolute Gasteiger partial charge is 0.481 e. The SMILES string of the molecule is CCC(C)C(=O)OC1CC(C)C=C2C=CC(C)C(CCC(O)CC(O)CC(=O)O)C21.CCC(C)C(=O)OC1CC(C)C=C2C=CC(C)C(CCC3CC(O)CC(=O)O3)C21. The third-order valence-corrected chi connectivity index (χ3v) is 13.6. The van der Waals surface area contributed by atoms with E-state index >= 15 is 0 Å². The van der Waals surface area contributed by atoms with E-state index in [1.54, 1.807) is 0 Å². The van der Waals surface area contributed by atoms with Crippen molar-refractivity contribution in [2.75, 3.05) is 0 Å². The molecule has 332 valence electrons. The van der Waals surface area contributed by atoms with E-state index in [1.807, 2.05) is 27.7 Å². The maximum Gasteiger partial charge on any atom is 0.308 e. The first kappa shape index (κ1) is 48.4. The smallest absolute Gasteiger partial charge is 0.308 e. The van der Waals surface area contributed by atoms with Gasteiger partial charge in [-0.15, -0.1) is 0 Å². The fraction of sp³-hybridized carbons (Fsp3) is 0.750. The molecule has 1 aliphatic heterocycles. The Bertz CT molecular complexity index is 1550. The maximum atomic E-state index is 12.5. The predicted octanol–water partition coefficient (Wildman–Crippen LogP) is 7.91. The lowest BCUT2D eigenvalue weighted by atomic mass is 9.65. The number of aliphatic hydroxyl groups is 3. The van der Waals surface area contributed by atoms with Crippen LogP contribution in [0.25, 0.3) is 0 Å². The van der Waals surface area contributed by atoms with Crippen LogP contribution in [0.15, 0.2) is 47.6 Å². The third kappa shape index (κ3) is 13.9.